The zero-order valence-electron chi connectivity index (χ0n) is 10.0. The minimum atomic E-state index is -0.271. The standard InChI is InChI=1S/C15H12BrCl2F/c16-9-11(13-3-1-2-4-15(13)18)7-10-8-12(19)5-6-14(10)17/h1-6,8,11H,7,9H2. The van der Waals surface area contributed by atoms with E-state index in [1.807, 2.05) is 24.3 Å². The third-order valence-electron chi connectivity index (χ3n) is 3.01. The summed E-state index contributed by atoms with van der Waals surface area (Å²) in [6.07, 6.45) is 0.644. The Morgan fingerprint density at radius 3 is 2.47 bits per heavy atom. The van der Waals surface area contributed by atoms with E-state index in [0.29, 0.717) is 11.4 Å². The van der Waals surface area contributed by atoms with E-state index in [4.69, 9.17) is 23.2 Å². The molecule has 2 rings (SSSR count). The molecule has 0 radical (unpaired) electrons. The fourth-order valence-corrected chi connectivity index (χ4v) is 3.08. The first-order valence-corrected chi connectivity index (χ1v) is 7.74. The Hall–Kier alpha value is -0.570. The van der Waals surface area contributed by atoms with Crippen molar-refractivity contribution in [1.29, 1.82) is 0 Å². The maximum absolute atomic E-state index is 13.3. The molecule has 0 bridgehead atoms. The minimum absolute atomic E-state index is 0.160. The summed E-state index contributed by atoms with van der Waals surface area (Å²) in [6.45, 7) is 0. The molecule has 0 aliphatic carbocycles. The zero-order chi connectivity index (χ0) is 13.8. The Kier molecular flexibility index (Phi) is 5.26. The average molecular weight is 362 g/mol. The van der Waals surface area contributed by atoms with Gasteiger partial charge in [-0.1, -0.05) is 57.3 Å². The molecule has 0 saturated heterocycles. The van der Waals surface area contributed by atoms with Crippen LogP contribution >= 0.6 is 39.1 Å². The van der Waals surface area contributed by atoms with Gasteiger partial charge in [0.1, 0.15) is 5.82 Å². The number of alkyl halides is 1. The lowest BCUT2D eigenvalue weighted by Crippen LogP contribution is -2.06. The molecule has 0 aromatic heterocycles. The van der Waals surface area contributed by atoms with Crippen molar-refractivity contribution in [1.82, 2.24) is 0 Å². The molecule has 0 N–H and O–H groups in total. The SMILES string of the molecule is Fc1ccc(Cl)c(CC(CBr)c2ccccc2Cl)c1. The number of hydrogen-bond acceptors (Lipinski definition) is 0. The predicted molar refractivity (Wildman–Crippen MR) is 83.1 cm³/mol. The number of halogens is 4. The molecule has 1 unspecified atom stereocenters. The summed E-state index contributed by atoms with van der Waals surface area (Å²) in [5, 5.41) is 2.04. The first-order chi connectivity index (χ1) is 9.11. The Bertz CT molecular complexity index is 572. The van der Waals surface area contributed by atoms with Crippen LogP contribution in [0.1, 0.15) is 17.0 Å². The van der Waals surface area contributed by atoms with E-state index in [-0.39, 0.29) is 11.7 Å². The Morgan fingerprint density at radius 2 is 1.79 bits per heavy atom. The van der Waals surface area contributed by atoms with Gasteiger partial charge in [-0.3, -0.25) is 0 Å². The summed E-state index contributed by atoms with van der Waals surface area (Å²) in [6, 6.07) is 12.1. The van der Waals surface area contributed by atoms with Crippen molar-refractivity contribution < 1.29 is 4.39 Å². The molecule has 4 heteroatoms. The van der Waals surface area contributed by atoms with E-state index in [1.54, 1.807) is 6.07 Å². The third-order valence-corrected chi connectivity index (χ3v) is 4.50. The van der Waals surface area contributed by atoms with Crippen molar-refractivity contribution >= 4 is 39.1 Å². The molecular formula is C15H12BrCl2F. The summed E-state index contributed by atoms with van der Waals surface area (Å²) in [5.74, 6) is -0.111. The van der Waals surface area contributed by atoms with Gasteiger partial charge in [0.25, 0.3) is 0 Å². The minimum Gasteiger partial charge on any atom is -0.207 e. The van der Waals surface area contributed by atoms with Gasteiger partial charge >= 0.3 is 0 Å². The maximum Gasteiger partial charge on any atom is 0.123 e. The van der Waals surface area contributed by atoms with Crippen molar-refractivity contribution in [3.63, 3.8) is 0 Å². The van der Waals surface area contributed by atoms with Gasteiger partial charge in [-0.2, -0.15) is 0 Å². The van der Waals surface area contributed by atoms with Crippen LogP contribution in [0.25, 0.3) is 0 Å². The van der Waals surface area contributed by atoms with Crippen molar-refractivity contribution in [2.24, 2.45) is 0 Å². The molecule has 0 spiro atoms. The summed E-state index contributed by atoms with van der Waals surface area (Å²) in [4.78, 5) is 0. The summed E-state index contributed by atoms with van der Waals surface area (Å²) >= 11 is 15.8. The molecule has 0 nitrogen and oxygen atoms in total. The van der Waals surface area contributed by atoms with Gasteiger partial charge in [-0.25, -0.2) is 4.39 Å². The van der Waals surface area contributed by atoms with Gasteiger partial charge < -0.3 is 0 Å². The van der Waals surface area contributed by atoms with Crippen molar-refractivity contribution in [2.75, 3.05) is 5.33 Å². The number of benzene rings is 2. The van der Waals surface area contributed by atoms with Crippen LogP contribution in [0.2, 0.25) is 10.0 Å². The molecular weight excluding hydrogens is 350 g/mol. The fraction of sp³-hybridized carbons (Fsp3) is 0.200. The van der Waals surface area contributed by atoms with Crippen molar-refractivity contribution in [3.8, 4) is 0 Å². The number of hydrogen-bond donors (Lipinski definition) is 0. The van der Waals surface area contributed by atoms with Crippen LogP contribution in [-0.2, 0) is 6.42 Å². The molecule has 0 fully saturated rings. The van der Waals surface area contributed by atoms with Crippen LogP contribution < -0.4 is 0 Å². The molecule has 19 heavy (non-hydrogen) atoms. The average Bonchev–Trinajstić information content (AvgIpc) is 2.41. The van der Waals surface area contributed by atoms with Gasteiger partial charge in [-0.15, -0.1) is 0 Å². The highest BCUT2D eigenvalue weighted by Crippen LogP contribution is 2.31. The number of rotatable bonds is 4. The van der Waals surface area contributed by atoms with E-state index in [0.717, 1.165) is 21.5 Å². The van der Waals surface area contributed by atoms with E-state index < -0.39 is 0 Å². The van der Waals surface area contributed by atoms with Crippen LogP contribution in [0, 0.1) is 5.82 Å². The maximum atomic E-state index is 13.3. The lowest BCUT2D eigenvalue weighted by molar-refractivity contribution is 0.623. The molecule has 0 heterocycles. The molecule has 100 valence electrons. The van der Waals surface area contributed by atoms with Crippen molar-refractivity contribution in [3.05, 3.63) is 69.5 Å². The van der Waals surface area contributed by atoms with Crippen LogP contribution in [0.15, 0.2) is 42.5 Å². The highest BCUT2D eigenvalue weighted by Gasteiger charge is 2.16. The normalized spacial score (nSPS) is 12.4. The van der Waals surface area contributed by atoms with Crippen molar-refractivity contribution in [2.45, 2.75) is 12.3 Å². The largest absolute Gasteiger partial charge is 0.207 e. The second-order valence-corrected chi connectivity index (χ2v) is 5.77. The first kappa shape index (κ1) is 14.8. The second kappa shape index (κ2) is 6.74. The van der Waals surface area contributed by atoms with E-state index >= 15 is 0 Å². The monoisotopic (exact) mass is 360 g/mol. The smallest absolute Gasteiger partial charge is 0.123 e. The van der Waals surface area contributed by atoms with Crippen LogP contribution in [0.5, 0.6) is 0 Å². The molecule has 2 aromatic rings. The second-order valence-electron chi connectivity index (χ2n) is 4.31. The summed E-state index contributed by atoms with van der Waals surface area (Å²) in [5.41, 5.74) is 1.84. The van der Waals surface area contributed by atoms with Gasteiger partial charge in [-0.05, 0) is 47.7 Å². The molecule has 2 aromatic carbocycles. The molecule has 0 amide bonds. The van der Waals surface area contributed by atoms with Gasteiger partial charge in [0, 0.05) is 15.4 Å². The zero-order valence-corrected chi connectivity index (χ0v) is 13.1. The van der Waals surface area contributed by atoms with Crippen LogP contribution in [-0.4, -0.2) is 5.33 Å². The van der Waals surface area contributed by atoms with Gasteiger partial charge in [0.05, 0.1) is 0 Å². The molecule has 0 saturated carbocycles. The highest BCUT2D eigenvalue weighted by atomic mass is 79.9. The van der Waals surface area contributed by atoms with E-state index in [2.05, 4.69) is 15.9 Å². The Balaban J connectivity index is 2.29. The van der Waals surface area contributed by atoms with Crippen LogP contribution in [0.4, 0.5) is 4.39 Å². The Morgan fingerprint density at radius 1 is 1.05 bits per heavy atom. The summed E-state index contributed by atoms with van der Waals surface area (Å²) in [7, 11) is 0. The Labute approximate surface area is 130 Å². The fourth-order valence-electron chi connectivity index (χ4n) is 2.02. The third kappa shape index (κ3) is 3.71. The lowest BCUT2D eigenvalue weighted by Gasteiger charge is -2.17. The topological polar surface area (TPSA) is 0 Å². The molecule has 1 atom stereocenters. The van der Waals surface area contributed by atoms with E-state index in [9.17, 15) is 4.39 Å². The quantitative estimate of drug-likeness (QED) is 0.599. The van der Waals surface area contributed by atoms with E-state index in [1.165, 1.54) is 12.1 Å². The molecule has 0 aliphatic heterocycles. The predicted octanol–water partition coefficient (Wildman–Crippen LogP) is 5.85. The van der Waals surface area contributed by atoms with Crippen LogP contribution in [0.3, 0.4) is 0 Å². The first-order valence-electron chi connectivity index (χ1n) is 5.86. The molecule has 0 aliphatic rings. The summed E-state index contributed by atoms with van der Waals surface area (Å²) < 4.78 is 13.3. The lowest BCUT2D eigenvalue weighted by atomic mass is 9.93. The highest BCUT2D eigenvalue weighted by molar-refractivity contribution is 9.09. The van der Waals surface area contributed by atoms with Gasteiger partial charge in [0.2, 0.25) is 0 Å². The van der Waals surface area contributed by atoms with Gasteiger partial charge in [0.15, 0.2) is 0 Å².